The molecule has 0 bridgehead atoms. The average Bonchev–Trinajstić information content (AvgIpc) is 1.95. The molecule has 58 valence electrons. The van der Waals surface area contributed by atoms with Crippen molar-refractivity contribution >= 4 is 15.9 Å². The maximum Gasteiger partial charge on any atom is -0.00457 e. The highest BCUT2D eigenvalue weighted by Crippen LogP contribution is 2.31. The van der Waals surface area contributed by atoms with E-state index in [0.29, 0.717) is 0 Å². The van der Waals surface area contributed by atoms with E-state index >= 15 is 0 Å². The van der Waals surface area contributed by atoms with Crippen molar-refractivity contribution in [3.63, 3.8) is 0 Å². The van der Waals surface area contributed by atoms with Crippen LogP contribution in [0.15, 0.2) is 10.1 Å². The van der Waals surface area contributed by atoms with E-state index in [9.17, 15) is 0 Å². The molecule has 0 aromatic heterocycles. The number of rotatable bonds is 1. The van der Waals surface area contributed by atoms with Crippen LogP contribution in [0.5, 0.6) is 0 Å². The highest BCUT2D eigenvalue weighted by molar-refractivity contribution is 9.11. The van der Waals surface area contributed by atoms with Gasteiger partial charge in [0.15, 0.2) is 0 Å². The van der Waals surface area contributed by atoms with Gasteiger partial charge in [-0.05, 0) is 43.1 Å². The minimum Gasteiger partial charge on any atom is -0.330 e. The second-order valence-electron chi connectivity index (χ2n) is 3.03. The lowest BCUT2D eigenvalue weighted by Gasteiger charge is -2.21. The van der Waals surface area contributed by atoms with Gasteiger partial charge in [-0.1, -0.05) is 21.5 Å². The maximum absolute atomic E-state index is 5.57. The summed E-state index contributed by atoms with van der Waals surface area (Å²) in [4.78, 5) is 0. The van der Waals surface area contributed by atoms with Crippen molar-refractivity contribution in [2.24, 2.45) is 11.7 Å². The number of hydrogen-bond donors (Lipinski definition) is 1. The Labute approximate surface area is 70.8 Å². The van der Waals surface area contributed by atoms with Crippen molar-refractivity contribution in [3.05, 3.63) is 10.1 Å². The molecule has 0 saturated heterocycles. The van der Waals surface area contributed by atoms with Crippen LogP contribution in [0.25, 0.3) is 0 Å². The third-order valence-electron chi connectivity index (χ3n) is 2.16. The van der Waals surface area contributed by atoms with Crippen molar-refractivity contribution in [2.45, 2.75) is 26.2 Å². The molecule has 0 radical (unpaired) electrons. The summed E-state index contributed by atoms with van der Waals surface area (Å²) in [5.41, 5.74) is 7.06. The largest absolute Gasteiger partial charge is 0.330 e. The summed E-state index contributed by atoms with van der Waals surface area (Å²) in [6.07, 6.45) is 3.64. The van der Waals surface area contributed by atoms with E-state index in [-0.39, 0.29) is 0 Å². The fourth-order valence-electron chi connectivity index (χ4n) is 1.39. The summed E-state index contributed by atoms with van der Waals surface area (Å²) in [7, 11) is 0. The molecule has 0 aliphatic heterocycles. The molecule has 1 nitrogen and oxygen atoms in total. The Bertz CT molecular complexity index is 151. The lowest BCUT2D eigenvalue weighted by molar-refractivity contribution is 0.474. The van der Waals surface area contributed by atoms with Gasteiger partial charge in [0.05, 0.1) is 0 Å². The van der Waals surface area contributed by atoms with Crippen LogP contribution in [0, 0.1) is 5.92 Å². The average molecular weight is 204 g/mol. The molecule has 1 atom stereocenters. The molecular weight excluding hydrogens is 190 g/mol. The lowest BCUT2D eigenvalue weighted by Crippen LogP contribution is -2.17. The predicted molar refractivity (Wildman–Crippen MR) is 48.0 cm³/mol. The van der Waals surface area contributed by atoms with E-state index in [1.54, 1.807) is 0 Å². The predicted octanol–water partition coefficient (Wildman–Crippen LogP) is 2.41. The Hall–Kier alpha value is 0.180. The number of halogens is 1. The van der Waals surface area contributed by atoms with E-state index in [2.05, 4.69) is 22.9 Å². The molecule has 0 heterocycles. The van der Waals surface area contributed by atoms with Crippen molar-refractivity contribution in [2.75, 3.05) is 6.54 Å². The van der Waals surface area contributed by atoms with Crippen molar-refractivity contribution in [1.82, 2.24) is 0 Å². The lowest BCUT2D eigenvalue weighted by atomic mass is 9.90. The molecule has 0 fully saturated rings. The Balaban J connectivity index is 2.54. The summed E-state index contributed by atoms with van der Waals surface area (Å²) in [5, 5.41) is 0. The van der Waals surface area contributed by atoms with Gasteiger partial charge in [0.1, 0.15) is 0 Å². The first-order valence-corrected chi connectivity index (χ1v) is 4.57. The Morgan fingerprint density at radius 1 is 1.70 bits per heavy atom. The van der Waals surface area contributed by atoms with Crippen molar-refractivity contribution in [3.8, 4) is 0 Å². The highest BCUT2D eigenvalue weighted by atomic mass is 79.9. The molecule has 2 heteroatoms. The van der Waals surface area contributed by atoms with Gasteiger partial charge in [-0.15, -0.1) is 0 Å². The molecular formula is C8H14BrN. The zero-order valence-electron chi connectivity index (χ0n) is 6.36. The fourth-order valence-corrected chi connectivity index (χ4v) is 1.78. The van der Waals surface area contributed by atoms with Gasteiger partial charge in [0, 0.05) is 0 Å². The van der Waals surface area contributed by atoms with E-state index in [4.69, 9.17) is 5.73 Å². The van der Waals surface area contributed by atoms with Gasteiger partial charge in [-0.3, -0.25) is 0 Å². The van der Waals surface area contributed by atoms with E-state index in [0.717, 1.165) is 12.5 Å². The molecule has 0 spiro atoms. The monoisotopic (exact) mass is 203 g/mol. The minimum atomic E-state index is 0.737. The first kappa shape index (κ1) is 8.28. The van der Waals surface area contributed by atoms with E-state index in [1.165, 1.54) is 29.3 Å². The van der Waals surface area contributed by atoms with Crippen LogP contribution in [0.1, 0.15) is 26.2 Å². The molecule has 0 aromatic rings. The van der Waals surface area contributed by atoms with Crippen LogP contribution in [0.3, 0.4) is 0 Å². The number of hydrogen-bond acceptors (Lipinski definition) is 1. The summed E-state index contributed by atoms with van der Waals surface area (Å²) < 4.78 is 1.40. The molecule has 2 N–H and O–H groups in total. The molecule has 0 aromatic carbocycles. The van der Waals surface area contributed by atoms with Crippen LogP contribution in [0.4, 0.5) is 0 Å². The first-order valence-electron chi connectivity index (χ1n) is 3.78. The summed E-state index contributed by atoms with van der Waals surface area (Å²) >= 11 is 3.55. The Kier molecular flexibility index (Phi) is 2.93. The summed E-state index contributed by atoms with van der Waals surface area (Å²) in [6, 6.07) is 0. The van der Waals surface area contributed by atoms with Gasteiger partial charge in [0.2, 0.25) is 0 Å². The number of allylic oxidation sites excluding steroid dienone is 2. The zero-order valence-corrected chi connectivity index (χ0v) is 7.95. The maximum atomic E-state index is 5.57. The molecule has 0 saturated carbocycles. The SMILES string of the molecule is CC1=C(Br)CCC(CN)C1. The zero-order chi connectivity index (χ0) is 7.56. The number of nitrogens with two attached hydrogens (primary N) is 1. The van der Waals surface area contributed by atoms with E-state index in [1.807, 2.05) is 0 Å². The van der Waals surface area contributed by atoms with Gasteiger partial charge in [-0.25, -0.2) is 0 Å². The molecule has 0 amide bonds. The van der Waals surface area contributed by atoms with Crippen LogP contribution in [-0.2, 0) is 0 Å². The summed E-state index contributed by atoms with van der Waals surface area (Å²) in [6.45, 7) is 3.03. The smallest absolute Gasteiger partial charge is 0.00457 e. The quantitative estimate of drug-likeness (QED) is 0.697. The third kappa shape index (κ3) is 1.83. The van der Waals surface area contributed by atoms with Crippen LogP contribution in [-0.4, -0.2) is 6.54 Å². The van der Waals surface area contributed by atoms with E-state index < -0.39 is 0 Å². The van der Waals surface area contributed by atoms with Gasteiger partial charge in [-0.2, -0.15) is 0 Å². The van der Waals surface area contributed by atoms with Crippen LogP contribution >= 0.6 is 15.9 Å². The Morgan fingerprint density at radius 2 is 2.40 bits per heavy atom. The minimum absolute atomic E-state index is 0.737. The van der Waals surface area contributed by atoms with Crippen molar-refractivity contribution in [1.29, 1.82) is 0 Å². The molecule has 1 unspecified atom stereocenters. The molecule has 1 rings (SSSR count). The summed E-state index contributed by atoms with van der Waals surface area (Å²) in [5.74, 6) is 0.737. The third-order valence-corrected chi connectivity index (χ3v) is 3.24. The van der Waals surface area contributed by atoms with Crippen molar-refractivity contribution < 1.29 is 0 Å². The first-order chi connectivity index (χ1) is 4.74. The molecule has 10 heavy (non-hydrogen) atoms. The topological polar surface area (TPSA) is 26.0 Å². The fraction of sp³-hybridized carbons (Fsp3) is 0.750. The van der Waals surface area contributed by atoms with Crippen LogP contribution in [0.2, 0.25) is 0 Å². The second kappa shape index (κ2) is 3.54. The second-order valence-corrected chi connectivity index (χ2v) is 3.99. The normalized spacial score (nSPS) is 27.3. The Morgan fingerprint density at radius 3 is 2.90 bits per heavy atom. The van der Waals surface area contributed by atoms with Gasteiger partial charge < -0.3 is 5.73 Å². The van der Waals surface area contributed by atoms with Gasteiger partial charge in [0.25, 0.3) is 0 Å². The molecule has 1 aliphatic carbocycles. The standard InChI is InChI=1S/C8H14BrN/c1-6-4-7(5-10)2-3-8(6)9/h7H,2-5,10H2,1H3. The molecule has 1 aliphatic rings. The van der Waals surface area contributed by atoms with Gasteiger partial charge >= 0.3 is 0 Å². The van der Waals surface area contributed by atoms with Crippen LogP contribution < -0.4 is 5.73 Å². The highest BCUT2D eigenvalue weighted by Gasteiger charge is 2.15.